The van der Waals surface area contributed by atoms with Crippen LogP contribution in [0.25, 0.3) is 10.8 Å². The van der Waals surface area contributed by atoms with E-state index < -0.39 is 5.50 Å². The number of amides is 1. The minimum Gasteiger partial charge on any atom is -0.372 e. The number of nitrogens with two attached hydrogens (primary N) is 2. The van der Waals surface area contributed by atoms with Crippen molar-refractivity contribution in [2.75, 3.05) is 0 Å². The van der Waals surface area contributed by atoms with Crippen molar-refractivity contribution in [3.8, 4) is 0 Å². The van der Waals surface area contributed by atoms with Crippen molar-refractivity contribution in [3.63, 3.8) is 0 Å². The molecule has 0 saturated carbocycles. The molecule has 8 heteroatoms. The van der Waals surface area contributed by atoms with E-state index in [4.69, 9.17) is 27.8 Å². The number of thioether (sulfide) groups is 2. The van der Waals surface area contributed by atoms with Gasteiger partial charge in [-0.1, -0.05) is 41.6 Å². The van der Waals surface area contributed by atoms with Gasteiger partial charge in [-0.25, -0.2) is 0 Å². The second kappa shape index (κ2) is 7.85. The van der Waals surface area contributed by atoms with Crippen molar-refractivity contribution >= 4 is 57.5 Å². The number of hydrogen-bond donors (Lipinski definition) is 2. The lowest BCUT2D eigenvalue weighted by molar-refractivity contribution is -0.117. The summed E-state index contributed by atoms with van der Waals surface area (Å²) in [5, 5.41) is 2.86. The fourth-order valence-electron chi connectivity index (χ4n) is 3.25. The minimum atomic E-state index is -0.431. The van der Waals surface area contributed by atoms with Crippen molar-refractivity contribution in [3.05, 3.63) is 62.0 Å². The molecule has 2 aliphatic rings. The minimum absolute atomic E-state index is 0.200. The number of aliphatic imine (C=N–C) groups is 1. The van der Waals surface area contributed by atoms with Crippen LogP contribution in [0.3, 0.4) is 0 Å². The fraction of sp³-hybridized carbons (Fsp3) is 0.211. The SMILES string of the molecule is NC(=O)C[CH]SC1=CC(c2c(Cl)cc3c4c(cccc24)COC3)=NC(N)S1. The third-order valence-electron chi connectivity index (χ3n) is 4.29. The summed E-state index contributed by atoms with van der Waals surface area (Å²) in [6.07, 6.45) is 2.16. The van der Waals surface area contributed by atoms with Crippen molar-refractivity contribution in [1.29, 1.82) is 0 Å². The summed E-state index contributed by atoms with van der Waals surface area (Å²) >= 11 is 9.52. The maximum Gasteiger partial charge on any atom is 0.218 e. The topological polar surface area (TPSA) is 90.7 Å². The standard InChI is InChI=1S/C19H17ClN3O2S2/c20-13-6-11-9-25-8-10-2-1-3-12(17(10)11)18(13)14-7-16(27-19(22)23-14)26-5-4-15(21)24/h1-3,5-7,19H,4,8-9,22H2,(H2,21,24). The molecule has 2 aromatic carbocycles. The molecule has 2 aromatic rings. The highest BCUT2D eigenvalue weighted by atomic mass is 35.5. The summed E-state index contributed by atoms with van der Waals surface area (Å²) in [6.45, 7) is 1.14. The first-order valence-electron chi connectivity index (χ1n) is 8.32. The summed E-state index contributed by atoms with van der Waals surface area (Å²) < 4.78 is 6.61. The third kappa shape index (κ3) is 3.88. The van der Waals surface area contributed by atoms with Crippen LogP contribution in [0.4, 0.5) is 0 Å². The first-order chi connectivity index (χ1) is 13.0. The van der Waals surface area contributed by atoms with E-state index in [1.807, 2.05) is 18.2 Å². The highest BCUT2D eigenvalue weighted by Crippen LogP contribution is 2.40. The molecule has 1 atom stereocenters. The number of halogens is 1. The Hall–Kier alpha value is -1.51. The molecule has 1 amide bonds. The van der Waals surface area contributed by atoms with Gasteiger partial charge in [-0.05, 0) is 34.0 Å². The number of nitrogens with zero attached hydrogens (tertiary/aromatic N) is 1. The van der Waals surface area contributed by atoms with Crippen LogP contribution in [0.2, 0.25) is 5.02 Å². The lowest BCUT2D eigenvalue weighted by atomic mass is 9.92. The summed E-state index contributed by atoms with van der Waals surface area (Å²) in [5.74, 6) is 1.41. The van der Waals surface area contributed by atoms with E-state index in [0.717, 1.165) is 32.0 Å². The normalized spacial score (nSPS) is 19.0. The number of rotatable bonds is 5. The van der Waals surface area contributed by atoms with Crippen LogP contribution in [0.15, 0.2) is 39.6 Å². The Morgan fingerprint density at radius 2 is 2.22 bits per heavy atom. The van der Waals surface area contributed by atoms with E-state index in [2.05, 4.69) is 17.1 Å². The summed E-state index contributed by atoms with van der Waals surface area (Å²) in [7, 11) is 0. The Morgan fingerprint density at radius 3 is 3.04 bits per heavy atom. The summed E-state index contributed by atoms with van der Waals surface area (Å²) in [5.41, 5.74) is 14.8. The van der Waals surface area contributed by atoms with Crippen LogP contribution in [-0.2, 0) is 22.7 Å². The number of allylic oxidation sites excluding steroid dienone is 1. The van der Waals surface area contributed by atoms with E-state index in [9.17, 15) is 4.79 Å². The van der Waals surface area contributed by atoms with Crippen molar-refractivity contribution in [2.45, 2.75) is 25.1 Å². The van der Waals surface area contributed by atoms with Crippen molar-refractivity contribution in [1.82, 2.24) is 0 Å². The average molecular weight is 419 g/mol. The predicted octanol–water partition coefficient (Wildman–Crippen LogP) is 3.91. The van der Waals surface area contributed by atoms with Gasteiger partial charge in [0, 0.05) is 22.0 Å². The van der Waals surface area contributed by atoms with Gasteiger partial charge in [0.05, 0.1) is 23.9 Å². The summed E-state index contributed by atoms with van der Waals surface area (Å²) in [4.78, 5) is 15.6. The molecule has 0 spiro atoms. The van der Waals surface area contributed by atoms with Crippen LogP contribution < -0.4 is 11.5 Å². The highest BCUT2D eigenvalue weighted by molar-refractivity contribution is 8.23. The zero-order valence-corrected chi connectivity index (χ0v) is 16.7. The van der Waals surface area contributed by atoms with Crippen LogP contribution in [0.1, 0.15) is 23.1 Å². The van der Waals surface area contributed by atoms with Gasteiger partial charge in [-0.2, -0.15) is 0 Å². The van der Waals surface area contributed by atoms with E-state index in [1.54, 1.807) is 5.75 Å². The molecule has 2 aliphatic heterocycles. The van der Waals surface area contributed by atoms with Crippen molar-refractivity contribution < 1.29 is 9.53 Å². The molecule has 5 nitrogen and oxygen atoms in total. The summed E-state index contributed by atoms with van der Waals surface area (Å²) in [6, 6.07) is 8.10. The number of carbonyl (C=O) groups is 1. The number of hydrogen-bond acceptors (Lipinski definition) is 6. The molecule has 0 aromatic heterocycles. The molecular formula is C19H17ClN3O2S2. The maximum absolute atomic E-state index is 11.0. The number of primary amides is 1. The zero-order chi connectivity index (χ0) is 19.0. The number of benzene rings is 2. The molecule has 4 N–H and O–H groups in total. The van der Waals surface area contributed by atoms with Crippen LogP contribution >= 0.6 is 35.1 Å². The molecule has 139 valence electrons. The lowest BCUT2D eigenvalue weighted by Gasteiger charge is -2.23. The molecule has 27 heavy (non-hydrogen) atoms. The molecule has 0 bridgehead atoms. The average Bonchev–Trinajstić information content (AvgIpc) is 2.61. The van der Waals surface area contributed by atoms with Gasteiger partial charge in [0.2, 0.25) is 5.91 Å². The van der Waals surface area contributed by atoms with Gasteiger partial charge < -0.3 is 16.2 Å². The van der Waals surface area contributed by atoms with Gasteiger partial charge in [0.25, 0.3) is 0 Å². The Labute approximate surface area is 170 Å². The number of carbonyl (C=O) groups excluding carboxylic acids is 1. The van der Waals surface area contributed by atoms with Gasteiger partial charge in [-0.3, -0.25) is 9.79 Å². The second-order valence-corrected chi connectivity index (χ2v) is 9.00. The van der Waals surface area contributed by atoms with Gasteiger partial charge in [-0.15, -0.1) is 11.8 Å². The quantitative estimate of drug-likeness (QED) is 0.768. The van der Waals surface area contributed by atoms with E-state index >= 15 is 0 Å². The molecule has 2 heterocycles. The first kappa shape index (κ1) is 18.8. The molecular weight excluding hydrogens is 402 g/mol. The third-order valence-corrected chi connectivity index (χ3v) is 6.55. The van der Waals surface area contributed by atoms with Crippen LogP contribution in [0, 0.1) is 5.75 Å². The molecule has 0 aliphatic carbocycles. The Morgan fingerprint density at radius 1 is 1.41 bits per heavy atom. The van der Waals surface area contributed by atoms with E-state index in [-0.39, 0.29) is 12.3 Å². The van der Waals surface area contributed by atoms with Gasteiger partial charge in [0.15, 0.2) is 0 Å². The van der Waals surface area contributed by atoms with Crippen molar-refractivity contribution in [2.24, 2.45) is 16.5 Å². The largest absolute Gasteiger partial charge is 0.372 e. The Bertz CT molecular complexity index is 991. The molecule has 0 saturated heterocycles. The Balaban J connectivity index is 1.77. The van der Waals surface area contributed by atoms with E-state index in [1.165, 1.54) is 28.9 Å². The first-order valence-corrected chi connectivity index (χ1v) is 10.5. The molecule has 4 rings (SSSR count). The second-order valence-electron chi connectivity index (χ2n) is 6.17. The van der Waals surface area contributed by atoms with Gasteiger partial charge >= 0.3 is 0 Å². The maximum atomic E-state index is 11.0. The molecule has 1 unspecified atom stereocenters. The predicted molar refractivity (Wildman–Crippen MR) is 113 cm³/mol. The fourth-order valence-corrected chi connectivity index (χ4v) is 5.48. The van der Waals surface area contributed by atoms with Gasteiger partial charge in [0.1, 0.15) is 5.50 Å². The Kier molecular flexibility index (Phi) is 5.48. The lowest BCUT2D eigenvalue weighted by Crippen LogP contribution is -2.19. The molecule has 1 radical (unpaired) electrons. The zero-order valence-electron chi connectivity index (χ0n) is 14.3. The molecule has 0 fully saturated rings. The number of ether oxygens (including phenoxy) is 1. The van der Waals surface area contributed by atoms with Crippen LogP contribution in [0.5, 0.6) is 0 Å². The highest BCUT2D eigenvalue weighted by Gasteiger charge is 2.23. The smallest absolute Gasteiger partial charge is 0.218 e. The van der Waals surface area contributed by atoms with Crippen LogP contribution in [-0.4, -0.2) is 17.1 Å². The monoisotopic (exact) mass is 418 g/mol. The van der Waals surface area contributed by atoms with E-state index in [0.29, 0.717) is 18.2 Å².